The molecule has 0 radical (unpaired) electrons. The van der Waals surface area contributed by atoms with Crippen molar-refractivity contribution in [3.8, 4) is 0 Å². The number of sulfonamides is 1. The molecular weight excluding hydrogens is 218 g/mol. The van der Waals surface area contributed by atoms with Crippen molar-refractivity contribution in [3.63, 3.8) is 0 Å². The van der Waals surface area contributed by atoms with E-state index in [0.29, 0.717) is 6.42 Å². The molecule has 0 aliphatic carbocycles. The molecule has 1 fully saturated rings. The summed E-state index contributed by atoms with van der Waals surface area (Å²) in [5, 5.41) is 9.45. The quantitative estimate of drug-likeness (QED) is 0.750. The number of carbonyl (C=O) groups excluding carboxylic acids is 1. The summed E-state index contributed by atoms with van der Waals surface area (Å²) < 4.78 is 22.7. The maximum atomic E-state index is 11.6. The molecule has 5 nitrogen and oxygen atoms in total. The van der Waals surface area contributed by atoms with Crippen LogP contribution in [-0.4, -0.2) is 41.1 Å². The van der Waals surface area contributed by atoms with Crippen LogP contribution in [0.25, 0.3) is 0 Å². The average Bonchev–Trinajstić information content (AvgIpc) is 2.13. The van der Waals surface area contributed by atoms with E-state index >= 15 is 0 Å². The number of nitrogens with zero attached hydrogens (tertiary/aromatic N) is 1. The Bertz CT molecular complexity index is 360. The van der Waals surface area contributed by atoms with E-state index in [0.717, 1.165) is 10.7 Å². The van der Waals surface area contributed by atoms with Crippen LogP contribution in [-0.2, 0) is 14.8 Å². The maximum absolute atomic E-state index is 11.6. The van der Waals surface area contributed by atoms with Crippen molar-refractivity contribution in [1.29, 1.82) is 0 Å². The van der Waals surface area contributed by atoms with Gasteiger partial charge in [-0.1, -0.05) is 13.3 Å². The number of hydrogen-bond donors (Lipinski definition) is 1. The van der Waals surface area contributed by atoms with Crippen LogP contribution in [0.15, 0.2) is 0 Å². The number of carbonyl (C=O) groups is 1. The van der Waals surface area contributed by atoms with Gasteiger partial charge in [0.15, 0.2) is 4.75 Å². The van der Waals surface area contributed by atoms with E-state index in [-0.39, 0.29) is 6.54 Å². The van der Waals surface area contributed by atoms with Crippen LogP contribution in [0.5, 0.6) is 0 Å². The van der Waals surface area contributed by atoms with Crippen LogP contribution in [0, 0.1) is 0 Å². The summed E-state index contributed by atoms with van der Waals surface area (Å²) in [7, 11) is -3.54. The van der Waals surface area contributed by atoms with E-state index in [1.807, 2.05) is 6.92 Å². The molecular formula is C9H17NO4S. The molecule has 88 valence electrons. The monoisotopic (exact) mass is 235 g/mol. The van der Waals surface area contributed by atoms with Crippen molar-refractivity contribution in [3.05, 3.63) is 0 Å². The van der Waals surface area contributed by atoms with Crippen LogP contribution in [0.4, 0.5) is 0 Å². The van der Waals surface area contributed by atoms with Crippen molar-refractivity contribution in [2.75, 3.05) is 6.54 Å². The predicted octanol–water partition coefficient (Wildman–Crippen LogP) is 0.0980. The van der Waals surface area contributed by atoms with Gasteiger partial charge in [0.05, 0.1) is 12.6 Å². The smallest absolute Gasteiger partial charge is 0.258 e. The molecule has 0 aromatic rings. The zero-order chi connectivity index (χ0) is 11.9. The summed E-state index contributed by atoms with van der Waals surface area (Å²) in [6, 6.07) is 0. The third-order valence-corrected chi connectivity index (χ3v) is 5.03. The summed E-state index contributed by atoms with van der Waals surface area (Å²) in [5.41, 5.74) is 0. The first kappa shape index (κ1) is 12.4. The maximum Gasteiger partial charge on any atom is 0.258 e. The van der Waals surface area contributed by atoms with Crippen LogP contribution < -0.4 is 0 Å². The highest BCUT2D eigenvalue weighted by Gasteiger charge is 2.60. The van der Waals surface area contributed by atoms with Crippen LogP contribution in [0.1, 0.15) is 33.6 Å². The minimum absolute atomic E-state index is 0.113. The van der Waals surface area contributed by atoms with Crippen molar-refractivity contribution < 1.29 is 18.3 Å². The van der Waals surface area contributed by atoms with Gasteiger partial charge in [-0.15, -0.1) is 0 Å². The first-order valence-corrected chi connectivity index (χ1v) is 6.44. The summed E-state index contributed by atoms with van der Waals surface area (Å²) >= 11 is 0. The number of hydrogen-bond acceptors (Lipinski definition) is 4. The largest absolute Gasteiger partial charge is 0.391 e. The topological polar surface area (TPSA) is 74.7 Å². The Balaban J connectivity index is 2.72. The van der Waals surface area contributed by atoms with Gasteiger partial charge in [-0.2, -0.15) is 0 Å². The molecule has 15 heavy (non-hydrogen) atoms. The van der Waals surface area contributed by atoms with Crippen LogP contribution >= 0.6 is 0 Å². The van der Waals surface area contributed by atoms with Gasteiger partial charge in [-0.3, -0.25) is 4.79 Å². The lowest BCUT2D eigenvalue weighted by Crippen LogP contribution is -2.68. The molecule has 1 unspecified atom stereocenters. The van der Waals surface area contributed by atoms with Crippen LogP contribution in [0.3, 0.4) is 0 Å². The molecule has 0 aromatic heterocycles. The van der Waals surface area contributed by atoms with Gasteiger partial charge in [-0.25, -0.2) is 12.7 Å². The Morgan fingerprint density at radius 1 is 1.47 bits per heavy atom. The SMILES string of the molecule is CCCC(O)CN1C(=O)C(C)(C)S1(=O)=O. The molecule has 0 bridgehead atoms. The Morgan fingerprint density at radius 3 is 2.40 bits per heavy atom. The molecule has 1 rings (SSSR count). The standard InChI is InChI=1S/C9H17NO4S/c1-4-5-7(11)6-10-8(12)9(2,3)15(10,13)14/h7,11H,4-6H2,1-3H3. The highest BCUT2D eigenvalue weighted by Crippen LogP contribution is 2.34. The third kappa shape index (κ3) is 1.76. The molecule has 1 aliphatic rings. The highest BCUT2D eigenvalue weighted by molar-refractivity contribution is 7.94. The van der Waals surface area contributed by atoms with Crippen molar-refractivity contribution in [2.45, 2.75) is 44.5 Å². The average molecular weight is 235 g/mol. The Kier molecular flexibility index (Phi) is 3.11. The van der Waals surface area contributed by atoms with E-state index in [1.165, 1.54) is 13.8 Å². The number of aliphatic hydroxyl groups excluding tert-OH is 1. The van der Waals surface area contributed by atoms with E-state index in [1.54, 1.807) is 0 Å². The Hall–Kier alpha value is -0.620. The van der Waals surface area contributed by atoms with E-state index < -0.39 is 26.8 Å². The third-order valence-electron chi connectivity index (χ3n) is 2.68. The Morgan fingerprint density at radius 2 is 2.00 bits per heavy atom. The summed E-state index contributed by atoms with van der Waals surface area (Å²) in [5.74, 6) is -0.433. The van der Waals surface area contributed by atoms with E-state index in [4.69, 9.17) is 0 Å². The minimum Gasteiger partial charge on any atom is -0.391 e. The second-order valence-corrected chi connectivity index (χ2v) is 6.71. The fraction of sp³-hybridized carbons (Fsp3) is 0.889. The molecule has 1 atom stereocenters. The lowest BCUT2D eigenvalue weighted by molar-refractivity contribution is -0.133. The minimum atomic E-state index is -3.54. The predicted molar refractivity (Wildman–Crippen MR) is 55.6 cm³/mol. The second-order valence-electron chi connectivity index (χ2n) is 4.29. The second kappa shape index (κ2) is 3.75. The van der Waals surface area contributed by atoms with Crippen molar-refractivity contribution in [1.82, 2.24) is 4.31 Å². The molecule has 0 spiro atoms. The fourth-order valence-electron chi connectivity index (χ4n) is 1.55. The van der Waals surface area contributed by atoms with Gasteiger partial charge in [-0.05, 0) is 20.3 Å². The Labute approximate surface area is 90.1 Å². The number of rotatable bonds is 4. The zero-order valence-corrected chi connectivity index (χ0v) is 10.0. The first-order chi connectivity index (χ1) is 6.75. The molecule has 1 aliphatic heterocycles. The molecule has 1 amide bonds. The molecule has 0 saturated carbocycles. The summed E-state index contributed by atoms with van der Waals surface area (Å²) in [4.78, 5) is 11.5. The van der Waals surface area contributed by atoms with Gasteiger partial charge in [0.2, 0.25) is 0 Å². The highest BCUT2D eigenvalue weighted by atomic mass is 32.2. The summed E-state index contributed by atoms with van der Waals surface area (Å²) in [6.45, 7) is 4.54. The molecule has 1 N–H and O–H groups in total. The van der Waals surface area contributed by atoms with E-state index in [9.17, 15) is 18.3 Å². The van der Waals surface area contributed by atoms with Gasteiger partial charge in [0, 0.05) is 0 Å². The van der Waals surface area contributed by atoms with Gasteiger partial charge < -0.3 is 5.11 Å². The molecule has 1 heterocycles. The van der Waals surface area contributed by atoms with Gasteiger partial charge in [0.1, 0.15) is 0 Å². The lowest BCUT2D eigenvalue weighted by atomic mass is 10.1. The van der Waals surface area contributed by atoms with Crippen LogP contribution in [0.2, 0.25) is 0 Å². The number of aliphatic hydroxyl groups is 1. The first-order valence-electron chi connectivity index (χ1n) is 5.00. The molecule has 1 saturated heterocycles. The number of amides is 1. The fourth-order valence-corrected chi connectivity index (χ4v) is 3.12. The van der Waals surface area contributed by atoms with E-state index in [2.05, 4.69) is 0 Å². The normalized spacial score (nSPS) is 24.8. The molecule has 6 heteroatoms. The van der Waals surface area contributed by atoms with Gasteiger partial charge in [0.25, 0.3) is 15.9 Å². The lowest BCUT2D eigenvalue weighted by Gasteiger charge is -2.43. The molecule has 0 aromatic carbocycles. The zero-order valence-electron chi connectivity index (χ0n) is 9.23. The van der Waals surface area contributed by atoms with Crippen molar-refractivity contribution in [2.24, 2.45) is 0 Å². The van der Waals surface area contributed by atoms with Gasteiger partial charge >= 0.3 is 0 Å². The number of β-amino-alcohol motifs (C(OH)–C–C–N with tert-alkyl or cyclic N) is 1. The van der Waals surface area contributed by atoms with Crippen molar-refractivity contribution >= 4 is 15.9 Å². The summed E-state index contributed by atoms with van der Waals surface area (Å²) in [6.07, 6.45) is 0.497.